The van der Waals surface area contributed by atoms with Crippen LogP contribution in [0.3, 0.4) is 0 Å². The van der Waals surface area contributed by atoms with E-state index in [0.717, 1.165) is 24.1 Å². The molecule has 0 saturated heterocycles. The molecule has 0 aliphatic carbocycles. The van der Waals surface area contributed by atoms with Crippen molar-refractivity contribution in [2.24, 2.45) is 5.92 Å². The molecule has 0 fully saturated rings. The van der Waals surface area contributed by atoms with Crippen LogP contribution in [0.1, 0.15) is 46.5 Å². The normalized spacial score (nSPS) is 19.4. The molecule has 1 aliphatic heterocycles. The van der Waals surface area contributed by atoms with Crippen LogP contribution >= 0.6 is 11.8 Å². The van der Waals surface area contributed by atoms with Gasteiger partial charge in [0.25, 0.3) is 0 Å². The van der Waals surface area contributed by atoms with E-state index in [2.05, 4.69) is 5.32 Å². The van der Waals surface area contributed by atoms with E-state index in [-0.39, 0.29) is 5.91 Å². The van der Waals surface area contributed by atoms with E-state index in [4.69, 9.17) is 0 Å². The van der Waals surface area contributed by atoms with Crippen LogP contribution in [0.4, 0.5) is 0 Å². The second kappa shape index (κ2) is 9.71. The Morgan fingerprint density at radius 3 is 2.62 bits per heavy atom. The average Bonchev–Trinajstić information content (AvgIpc) is 2.54. The van der Waals surface area contributed by atoms with Gasteiger partial charge >= 0.3 is 5.97 Å². The SMILES string of the molecule is CCCCN1C(=O)C(C(=O)N[C@@H](CCSC)C(=O)O)CC(C)=C1C. The molecule has 2 amide bonds. The fourth-order valence-corrected chi connectivity index (χ4v) is 3.16. The molecular formula is C17H28N2O4S. The largest absolute Gasteiger partial charge is 0.480 e. The van der Waals surface area contributed by atoms with E-state index in [1.165, 1.54) is 11.8 Å². The number of carbonyl (C=O) groups is 3. The van der Waals surface area contributed by atoms with Gasteiger partial charge in [-0.15, -0.1) is 0 Å². The first-order valence-corrected chi connectivity index (χ1v) is 9.72. The van der Waals surface area contributed by atoms with Gasteiger partial charge in [0.1, 0.15) is 12.0 Å². The number of allylic oxidation sites excluding steroid dienone is 2. The summed E-state index contributed by atoms with van der Waals surface area (Å²) in [4.78, 5) is 38.1. The Labute approximate surface area is 148 Å². The van der Waals surface area contributed by atoms with Gasteiger partial charge in [-0.1, -0.05) is 18.9 Å². The highest BCUT2D eigenvalue weighted by atomic mass is 32.2. The lowest BCUT2D eigenvalue weighted by Crippen LogP contribution is -2.50. The van der Waals surface area contributed by atoms with E-state index in [1.807, 2.05) is 27.0 Å². The maximum atomic E-state index is 12.7. The fourth-order valence-electron chi connectivity index (χ4n) is 2.69. The highest BCUT2D eigenvalue weighted by Crippen LogP contribution is 2.27. The Morgan fingerprint density at radius 1 is 1.42 bits per heavy atom. The van der Waals surface area contributed by atoms with Crippen molar-refractivity contribution in [3.8, 4) is 0 Å². The summed E-state index contributed by atoms with van der Waals surface area (Å²) >= 11 is 1.52. The maximum Gasteiger partial charge on any atom is 0.326 e. The van der Waals surface area contributed by atoms with Gasteiger partial charge in [-0.25, -0.2) is 4.79 Å². The van der Waals surface area contributed by atoms with Crippen molar-refractivity contribution in [3.63, 3.8) is 0 Å². The molecule has 1 aliphatic rings. The molecule has 0 aromatic heterocycles. The number of amides is 2. The van der Waals surface area contributed by atoms with Crippen LogP contribution in [-0.4, -0.2) is 52.4 Å². The predicted octanol–water partition coefficient (Wildman–Crippen LogP) is 2.25. The molecule has 6 nitrogen and oxygen atoms in total. The summed E-state index contributed by atoms with van der Waals surface area (Å²) in [6.45, 7) is 6.46. The number of nitrogens with one attached hydrogen (secondary N) is 1. The van der Waals surface area contributed by atoms with Crippen LogP contribution in [0.15, 0.2) is 11.3 Å². The van der Waals surface area contributed by atoms with Crippen molar-refractivity contribution >= 4 is 29.5 Å². The lowest BCUT2D eigenvalue weighted by molar-refractivity contribution is -0.146. The molecule has 24 heavy (non-hydrogen) atoms. The smallest absolute Gasteiger partial charge is 0.326 e. The van der Waals surface area contributed by atoms with Crippen molar-refractivity contribution in [2.75, 3.05) is 18.6 Å². The Morgan fingerprint density at radius 2 is 2.08 bits per heavy atom. The van der Waals surface area contributed by atoms with E-state index < -0.39 is 23.8 Å². The summed E-state index contributed by atoms with van der Waals surface area (Å²) in [6, 6.07) is -0.950. The second-order valence-corrected chi connectivity index (χ2v) is 7.13. The number of aliphatic carboxylic acids is 1. The summed E-state index contributed by atoms with van der Waals surface area (Å²) in [5.74, 6) is -1.97. The lowest BCUT2D eigenvalue weighted by Gasteiger charge is -2.34. The number of hydrogen-bond acceptors (Lipinski definition) is 4. The maximum absolute atomic E-state index is 12.7. The monoisotopic (exact) mass is 356 g/mol. The van der Waals surface area contributed by atoms with Gasteiger partial charge in [0.2, 0.25) is 11.8 Å². The molecule has 7 heteroatoms. The van der Waals surface area contributed by atoms with Gasteiger partial charge in [0.15, 0.2) is 0 Å². The van der Waals surface area contributed by atoms with Crippen LogP contribution in [0, 0.1) is 5.92 Å². The molecule has 0 bridgehead atoms. The van der Waals surface area contributed by atoms with Crippen molar-refractivity contribution in [2.45, 2.75) is 52.5 Å². The van der Waals surface area contributed by atoms with Crippen LogP contribution < -0.4 is 5.32 Å². The molecule has 2 atom stereocenters. The van der Waals surface area contributed by atoms with Gasteiger partial charge in [0.05, 0.1) is 0 Å². The fraction of sp³-hybridized carbons (Fsp3) is 0.706. The summed E-state index contributed by atoms with van der Waals surface area (Å²) < 4.78 is 0. The third-order valence-electron chi connectivity index (χ3n) is 4.37. The number of carboxylic acids is 1. The Balaban J connectivity index is 2.86. The van der Waals surface area contributed by atoms with E-state index in [1.54, 1.807) is 4.90 Å². The third-order valence-corrected chi connectivity index (χ3v) is 5.02. The number of nitrogens with zero attached hydrogens (tertiary/aromatic N) is 1. The van der Waals surface area contributed by atoms with Gasteiger partial charge in [-0.05, 0) is 45.1 Å². The zero-order valence-corrected chi connectivity index (χ0v) is 15.7. The zero-order valence-electron chi connectivity index (χ0n) is 14.9. The standard InChI is InChI=1S/C17H28N2O4S/c1-5-6-8-19-12(3)11(2)10-13(16(19)21)15(20)18-14(17(22)23)7-9-24-4/h13-14H,5-10H2,1-4H3,(H,18,20)(H,22,23)/t13?,14-/m0/s1. The molecule has 0 saturated carbocycles. The first-order chi connectivity index (χ1) is 11.3. The van der Waals surface area contributed by atoms with E-state index >= 15 is 0 Å². The molecule has 1 unspecified atom stereocenters. The molecule has 2 N–H and O–H groups in total. The highest BCUT2D eigenvalue weighted by Gasteiger charge is 2.37. The topological polar surface area (TPSA) is 86.7 Å². The molecule has 1 heterocycles. The minimum absolute atomic E-state index is 0.224. The summed E-state index contributed by atoms with van der Waals surface area (Å²) in [5, 5.41) is 11.8. The summed E-state index contributed by atoms with van der Waals surface area (Å²) in [7, 11) is 0. The van der Waals surface area contributed by atoms with Crippen molar-refractivity contribution in [1.29, 1.82) is 0 Å². The first-order valence-electron chi connectivity index (χ1n) is 8.33. The van der Waals surface area contributed by atoms with Gasteiger partial charge < -0.3 is 15.3 Å². The third kappa shape index (κ3) is 5.26. The Bertz CT molecular complexity index is 519. The van der Waals surface area contributed by atoms with Gasteiger partial charge in [-0.2, -0.15) is 11.8 Å². The van der Waals surface area contributed by atoms with Crippen LogP contribution in [0.25, 0.3) is 0 Å². The molecule has 0 aromatic rings. The minimum atomic E-state index is -1.06. The molecule has 0 aromatic carbocycles. The van der Waals surface area contributed by atoms with Gasteiger partial charge in [0, 0.05) is 12.2 Å². The average molecular weight is 356 g/mol. The van der Waals surface area contributed by atoms with Crippen molar-refractivity contribution < 1.29 is 19.5 Å². The molecule has 0 radical (unpaired) electrons. The number of rotatable bonds is 9. The number of unbranched alkanes of at least 4 members (excludes halogenated alkanes) is 1. The van der Waals surface area contributed by atoms with Crippen LogP contribution in [-0.2, 0) is 14.4 Å². The van der Waals surface area contributed by atoms with Crippen molar-refractivity contribution in [1.82, 2.24) is 10.2 Å². The number of carbonyl (C=O) groups excluding carboxylic acids is 2. The second-order valence-electron chi connectivity index (χ2n) is 6.15. The quantitative estimate of drug-likeness (QED) is 0.619. The highest BCUT2D eigenvalue weighted by molar-refractivity contribution is 7.98. The minimum Gasteiger partial charge on any atom is -0.480 e. The van der Waals surface area contributed by atoms with Crippen molar-refractivity contribution in [3.05, 3.63) is 11.3 Å². The van der Waals surface area contributed by atoms with Crippen LogP contribution in [0.2, 0.25) is 0 Å². The Hall–Kier alpha value is -1.50. The predicted molar refractivity (Wildman–Crippen MR) is 95.7 cm³/mol. The number of thioether (sulfide) groups is 1. The van der Waals surface area contributed by atoms with Gasteiger partial charge in [-0.3, -0.25) is 9.59 Å². The van der Waals surface area contributed by atoms with E-state index in [9.17, 15) is 19.5 Å². The molecule has 0 spiro atoms. The summed E-state index contributed by atoms with van der Waals surface area (Å²) in [6.07, 6.45) is 4.41. The first kappa shape index (κ1) is 20.5. The summed E-state index contributed by atoms with van der Waals surface area (Å²) in [5.41, 5.74) is 1.91. The Kier molecular flexibility index (Phi) is 8.31. The number of hydrogen-bond donors (Lipinski definition) is 2. The zero-order chi connectivity index (χ0) is 18.3. The van der Waals surface area contributed by atoms with E-state index in [0.29, 0.717) is 25.1 Å². The molecular weight excluding hydrogens is 328 g/mol. The lowest BCUT2D eigenvalue weighted by atomic mass is 9.91. The van der Waals surface area contributed by atoms with Crippen LogP contribution in [0.5, 0.6) is 0 Å². The molecule has 1 rings (SSSR count). The number of carboxylic acid groups (broad SMARTS) is 1. The molecule has 136 valence electrons.